The van der Waals surface area contributed by atoms with Crippen LogP contribution in [-0.4, -0.2) is 29.3 Å². The number of unbranched alkanes of at least 4 members (excludes halogenated alkanes) is 4. The van der Waals surface area contributed by atoms with Crippen molar-refractivity contribution in [3.8, 4) is 0 Å². The number of imide groups is 2. The van der Waals surface area contributed by atoms with Crippen LogP contribution in [0, 0.1) is 5.41 Å². The Labute approximate surface area is 132 Å². The Balaban J connectivity index is 2.82. The van der Waals surface area contributed by atoms with Crippen molar-refractivity contribution in [3.63, 3.8) is 0 Å². The van der Waals surface area contributed by atoms with Crippen molar-refractivity contribution in [1.29, 1.82) is 0 Å². The molecule has 0 unspecified atom stereocenters. The van der Waals surface area contributed by atoms with Gasteiger partial charge in [-0.2, -0.15) is 0 Å². The molecule has 5 heteroatoms. The second kappa shape index (κ2) is 8.51. The molecule has 1 aliphatic rings. The van der Waals surface area contributed by atoms with E-state index in [1.807, 2.05) is 0 Å². The lowest BCUT2D eigenvalue weighted by molar-refractivity contribution is -0.151. The first kappa shape index (κ1) is 18.1. The van der Waals surface area contributed by atoms with Gasteiger partial charge in [0.25, 0.3) is 0 Å². The van der Waals surface area contributed by atoms with Crippen molar-refractivity contribution < 1.29 is 14.4 Å². The first-order valence-corrected chi connectivity index (χ1v) is 7.92. The lowest BCUT2D eigenvalue weighted by Gasteiger charge is -2.38. The van der Waals surface area contributed by atoms with Gasteiger partial charge in [-0.05, 0) is 19.3 Å². The Kier molecular flexibility index (Phi) is 7.02. The maximum absolute atomic E-state index is 12.7. The quantitative estimate of drug-likeness (QED) is 0.383. The molecular formula is C17H26N2O3. The highest BCUT2D eigenvalue weighted by Gasteiger charge is 2.51. The van der Waals surface area contributed by atoms with Crippen LogP contribution in [0.4, 0.5) is 4.79 Å². The molecule has 0 aromatic rings. The molecule has 0 spiro atoms. The summed E-state index contributed by atoms with van der Waals surface area (Å²) >= 11 is 0. The zero-order chi connectivity index (χ0) is 16.6. The summed E-state index contributed by atoms with van der Waals surface area (Å²) < 4.78 is 0. The van der Waals surface area contributed by atoms with E-state index in [9.17, 15) is 14.4 Å². The van der Waals surface area contributed by atoms with Gasteiger partial charge in [-0.1, -0.05) is 44.8 Å². The number of rotatable bonds is 10. The number of carbonyl (C=O) groups excluding carboxylic acids is 3. The molecule has 0 bridgehead atoms. The average Bonchev–Trinajstić information content (AvgIpc) is 2.48. The zero-order valence-electron chi connectivity index (χ0n) is 13.4. The highest BCUT2D eigenvalue weighted by molar-refractivity contribution is 6.19. The Morgan fingerprint density at radius 3 is 2.18 bits per heavy atom. The molecule has 4 amide bonds. The summed E-state index contributed by atoms with van der Waals surface area (Å²) in [5, 5.41) is 2.30. The van der Waals surface area contributed by atoms with E-state index >= 15 is 0 Å². The van der Waals surface area contributed by atoms with Gasteiger partial charge in [-0.15, -0.1) is 13.2 Å². The maximum atomic E-state index is 12.7. The van der Waals surface area contributed by atoms with E-state index < -0.39 is 23.3 Å². The van der Waals surface area contributed by atoms with Gasteiger partial charge in [0.15, 0.2) is 0 Å². The van der Waals surface area contributed by atoms with Crippen LogP contribution in [0.3, 0.4) is 0 Å². The van der Waals surface area contributed by atoms with Gasteiger partial charge < -0.3 is 0 Å². The van der Waals surface area contributed by atoms with Crippen LogP contribution in [-0.2, 0) is 9.59 Å². The number of urea groups is 1. The topological polar surface area (TPSA) is 66.5 Å². The number of carbonyl (C=O) groups is 3. The smallest absolute Gasteiger partial charge is 0.277 e. The van der Waals surface area contributed by atoms with Gasteiger partial charge in [-0.25, -0.2) is 4.79 Å². The van der Waals surface area contributed by atoms with E-state index in [1.54, 1.807) is 0 Å². The summed E-state index contributed by atoms with van der Waals surface area (Å²) in [5.41, 5.74) is -1.28. The normalized spacial score (nSPS) is 17.3. The zero-order valence-corrected chi connectivity index (χ0v) is 13.4. The minimum Gasteiger partial charge on any atom is -0.277 e. The van der Waals surface area contributed by atoms with Crippen molar-refractivity contribution in [1.82, 2.24) is 10.2 Å². The van der Waals surface area contributed by atoms with Crippen molar-refractivity contribution in [2.45, 2.75) is 51.9 Å². The van der Waals surface area contributed by atoms with Gasteiger partial charge in [-0.3, -0.25) is 19.8 Å². The fourth-order valence-electron chi connectivity index (χ4n) is 2.74. The van der Waals surface area contributed by atoms with Crippen molar-refractivity contribution in [3.05, 3.63) is 25.3 Å². The molecular weight excluding hydrogens is 280 g/mol. The second-order valence-corrected chi connectivity index (χ2v) is 5.70. The fraction of sp³-hybridized carbons (Fsp3) is 0.588. The van der Waals surface area contributed by atoms with E-state index in [0.29, 0.717) is 6.54 Å². The monoisotopic (exact) mass is 306 g/mol. The van der Waals surface area contributed by atoms with Crippen LogP contribution >= 0.6 is 0 Å². The molecule has 5 nitrogen and oxygen atoms in total. The molecule has 122 valence electrons. The number of hydrogen-bond acceptors (Lipinski definition) is 3. The van der Waals surface area contributed by atoms with Crippen LogP contribution in [0.15, 0.2) is 25.3 Å². The summed E-state index contributed by atoms with van der Waals surface area (Å²) in [7, 11) is 0. The summed E-state index contributed by atoms with van der Waals surface area (Å²) in [6.07, 6.45) is 8.57. The number of nitrogens with one attached hydrogen (secondary N) is 1. The molecule has 22 heavy (non-hydrogen) atoms. The van der Waals surface area contributed by atoms with E-state index in [0.717, 1.165) is 32.1 Å². The standard InChI is InChI=1S/C17H26N2O3/c1-4-7-8-9-10-13-19-15(21)17(11-5-2,12-6-3)14(20)18-16(19)22/h5-6H,2-4,7-13H2,1H3,(H,18,20,22). The van der Waals surface area contributed by atoms with Gasteiger partial charge in [0.05, 0.1) is 0 Å². The van der Waals surface area contributed by atoms with Crippen molar-refractivity contribution in [2.75, 3.05) is 6.54 Å². The predicted molar refractivity (Wildman–Crippen MR) is 86.1 cm³/mol. The van der Waals surface area contributed by atoms with E-state index in [1.165, 1.54) is 17.1 Å². The lowest BCUT2D eigenvalue weighted by atomic mass is 9.77. The number of allylic oxidation sites excluding steroid dienone is 2. The van der Waals surface area contributed by atoms with E-state index in [2.05, 4.69) is 25.4 Å². The lowest BCUT2D eigenvalue weighted by Crippen LogP contribution is -2.63. The molecule has 1 rings (SSSR count). The molecule has 1 heterocycles. The van der Waals surface area contributed by atoms with Crippen LogP contribution < -0.4 is 5.32 Å². The molecule has 1 fully saturated rings. The third kappa shape index (κ3) is 3.84. The number of barbiturate groups is 1. The maximum Gasteiger partial charge on any atom is 0.330 e. The van der Waals surface area contributed by atoms with Crippen LogP contribution in [0.5, 0.6) is 0 Å². The molecule has 1 saturated heterocycles. The number of hydrogen-bond donors (Lipinski definition) is 1. The Morgan fingerprint density at radius 2 is 1.64 bits per heavy atom. The summed E-state index contributed by atoms with van der Waals surface area (Å²) in [6, 6.07) is -0.616. The van der Waals surface area contributed by atoms with Gasteiger partial charge >= 0.3 is 6.03 Å². The predicted octanol–water partition coefficient (Wildman–Crippen LogP) is 3.17. The highest BCUT2D eigenvalue weighted by atomic mass is 16.2. The molecule has 0 aliphatic carbocycles. The largest absolute Gasteiger partial charge is 0.330 e. The highest BCUT2D eigenvalue weighted by Crippen LogP contribution is 2.33. The molecule has 0 atom stereocenters. The van der Waals surface area contributed by atoms with Gasteiger partial charge in [0.1, 0.15) is 5.41 Å². The fourth-order valence-corrected chi connectivity index (χ4v) is 2.74. The molecule has 0 aromatic carbocycles. The second-order valence-electron chi connectivity index (χ2n) is 5.70. The first-order chi connectivity index (χ1) is 10.5. The van der Waals surface area contributed by atoms with Crippen molar-refractivity contribution >= 4 is 17.8 Å². The molecule has 0 radical (unpaired) electrons. The SMILES string of the molecule is C=CCC1(CC=C)C(=O)NC(=O)N(CCCCCCC)C1=O. The summed E-state index contributed by atoms with van der Waals surface area (Å²) in [4.78, 5) is 38.0. The molecule has 1 aliphatic heterocycles. The van der Waals surface area contributed by atoms with E-state index in [-0.39, 0.29) is 12.8 Å². The average molecular weight is 306 g/mol. The van der Waals surface area contributed by atoms with Gasteiger partial charge in [0.2, 0.25) is 11.8 Å². The van der Waals surface area contributed by atoms with Crippen LogP contribution in [0.1, 0.15) is 51.9 Å². The molecule has 0 aromatic heterocycles. The van der Waals surface area contributed by atoms with Crippen LogP contribution in [0.2, 0.25) is 0 Å². The van der Waals surface area contributed by atoms with E-state index in [4.69, 9.17) is 0 Å². The Bertz CT molecular complexity index is 447. The minimum atomic E-state index is -1.28. The third-order valence-electron chi connectivity index (χ3n) is 4.03. The molecule has 0 saturated carbocycles. The number of amides is 4. The van der Waals surface area contributed by atoms with Gasteiger partial charge in [0, 0.05) is 6.54 Å². The summed E-state index contributed by atoms with van der Waals surface area (Å²) in [5.74, 6) is -0.985. The summed E-state index contributed by atoms with van der Waals surface area (Å²) in [6.45, 7) is 9.72. The van der Waals surface area contributed by atoms with Crippen molar-refractivity contribution in [2.24, 2.45) is 5.41 Å². The third-order valence-corrected chi connectivity index (χ3v) is 4.03. The first-order valence-electron chi connectivity index (χ1n) is 7.92. The Hall–Kier alpha value is -1.91. The Morgan fingerprint density at radius 1 is 1.05 bits per heavy atom. The van der Waals surface area contributed by atoms with Crippen LogP contribution in [0.25, 0.3) is 0 Å². The minimum absolute atomic E-state index is 0.198. The molecule has 1 N–H and O–H groups in total. The number of nitrogens with zero attached hydrogens (tertiary/aromatic N) is 1.